The number of aryl methyl sites for hydroxylation is 1. The van der Waals surface area contributed by atoms with Gasteiger partial charge in [-0.05, 0) is 36.6 Å². The van der Waals surface area contributed by atoms with E-state index in [2.05, 4.69) is 0 Å². The van der Waals surface area contributed by atoms with Gasteiger partial charge in [0.15, 0.2) is 5.60 Å². The Morgan fingerprint density at radius 2 is 2.10 bits per heavy atom. The average molecular weight is 394 g/mol. The number of aromatic hydroxyl groups is 1. The topological polar surface area (TPSA) is 100.0 Å². The summed E-state index contributed by atoms with van der Waals surface area (Å²) >= 11 is 0. The van der Waals surface area contributed by atoms with Crippen molar-refractivity contribution >= 4 is 28.5 Å². The number of hydrogen-bond acceptors (Lipinski definition) is 6. The van der Waals surface area contributed by atoms with Crippen molar-refractivity contribution < 1.29 is 24.5 Å². The van der Waals surface area contributed by atoms with Gasteiger partial charge in [-0.1, -0.05) is 19.9 Å². The smallest absolute Gasteiger partial charge is 0.338 e. The Kier molecular flexibility index (Phi) is 3.77. The lowest BCUT2D eigenvalue weighted by Crippen LogP contribution is -2.58. The Morgan fingerprint density at radius 1 is 1.31 bits per heavy atom. The van der Waals surface area contributed by atoms with Crippen LogP contribution in [-0.4, -0.2) is 44.2 Å². The van der Waals surface area contributed by atoms with Crippen LogP contribution in [0.5, 0.6) is 5.75 Å². The zero-order chi connectivity index (χ0) is 20.5. The Morgan fingerprint density at radius 3 is 2.83 bits per heavy atom. The number of esters is 1. The lowest BCUT2D eigenvalue weighted by atomic mass is 9.72. The zero-order valence-electron chi connectivity index (χ0n) is 16.3. The first-order valence-electron chi connectivity index (χ1n) is 9.96. The summed E-state index contributed by atoms with van der Waals surface area (Å²) in [7, 11) is 0. The highest BCUT2D eigenvalue weighted by atomic mass is 16.6. The second-order valence-electron chi connectivity index (χ2n) is 7.96. The molecule has 0 radical (unpaired) electrons. The van der Waals surface area contributed by atoms with Crippen molar-refractivity contribution in [1.29, 1.82) is 0 Å². The average Bonchev–Trinajstić information content (AvgIpc) is 3.08. The van der Waals surface area contributed by atoms with Crippen LogP contribution in [0.4, 0.5) is 0 Å². The monoisotopic (exact) mass is 394 g/mol. The highest BCUT2D eigenvalue weighted by molar-refractivity contribution is 5.98. The van der Waals surface area contributed by atoms with Gasteiger partial charge in [0, 0.05) is 16.9 Å². The van der Waals surface area contributed by atoms with Crippen LogP contribution in [0.3, 0.4) is 0 Å². The predicted molar refractivity (Wildman–Crippen MR) is 104 cm³/mol. The van der Waals surface area contributed by atoms with E-state index in [1.165, 1.54) is 0 Å². The van der Waals surface area contributed by atoms with Gasteiger partial charge in [0.25, 0.3) is 0 Å². The molecule has 0 aliphatic carbocycles. The van der Waals surface area contributed by atoms with Gasteiger partial charge < -0.3 is 19.8 Å². The molecule has 3 aliphatic rings. The molecule has 1 aromatic carbocycles. The lowest BCUT2D eigenvalue weighted by Gasteiger charge is -2.44. The fourth-order valence-corrected chi connectivity index (χ4v) is 4.97. The van der Waals surface area contributed by atoms with E-state index in [0.29, 0.717) is 17.9 Å². The molecule has 0 bridgehead atoms. The fraction of sp³-hybridized carbons (Fsp3) is 0.409. The van der Waals surface area contributed by atoms with Crippen LogP contribution in [0.15, 0.2) is 24.3 Å². The molecule has 4 heterocycles. The summed E-state index contributed by atoms with van der Waals surface area (Å²) in [5, 5.41) is 21.8. The van der Waals surface area contributed by atoms with Crippen LogP contribution in [0, 0.1) is 11.8 Å². The standard InChI is InChI=1S/C22H22N2O5/c1-3-12-13-7-11(25)5-6-17(13)23-19-14(12)9-24-18(19)8-16-15(20(24)26)10-29-21(27)22(16,28)4-2/h5-8,15-16,25,28H,3-4,9-10H2,1-2H3/t15?,16?,22-/m0/s1. The van der Waals surface area contributed by atoms with E-state index in [4.69, 9.17) is 9.72 Å². The Labute approximate surface area is 167 Å². The largest absolute Gasteiger partial charge is 0.508 e. The van der Waals surface area contributed by atoms with Crippen LogP contribution in [-0.2, 0) is 27.3 Å². The van der Waals surface area contributed by atoms with E-state index < -0.39 is 23.4 Å². The van der Waals surface area contributed by atoms with Gasteiger partial charge in [0.1, 0.15) is 12.4 Å². The maximum absolute atomic E-state index is 13.3. The van der Waals surface area contributed by atoms with E-state index in [1.54, 1.807) is 30.0 Å². The third kappa shape index (κ3) is 2.31. The molecular weight excluding hydrogens is 372 g/mol. The number of pyridine rings is 1. The third-order valence-corrected chi connectivity index (χ3v) is 6.58. The number of cyclic esters (lactones) is 1. The van der Waals surface area contributed by atoms with Crippen LogP contribution in [0.2, 0.25) is 0 Å². The van der Waals surface area contributed by atoms with E-state index >= 15 is 0 Å². The number of aliphatic hydroxyl groups is 1. The summed E-state index contributed by atoms with van der Waals surface area (Å²) in [5.74, 6) is -1.89. The van der Waals surface area contributed by atoms with E-state index in [1.807, 2.05) is 13.0 Å². The molecule has 1 amide bonds. The van der Waals surface area contributed by atoms with Gasteiger partial charge in [-0.15, -0.1) is 0 Å². The van der Waals surface area contributed by atoms with Crippen molar-refractivity contribution in [3.8, 4) is 5.75 Å². The molecule has 2 N–H and O–H groups in total. The maximum Gasteiger partial charge on any atom is 0.338 e. The molecule has 3 atom stereocenters. The number of aromatic nitrogens is 1. The first kappa shape index (κ1) is 18.1. The second kappa shape index (κ2) is 6.03. The highest BCUT2D eigenvalue weighted by Gasteiger charge is 2.56. The molecule has 29 heavy (non-hydrogen) atoms. The van der Waals surface area contributed by atoms with Gasteiger partial charge in [-0.25, -0.2) is 9.78 Å². The minimum atomic E-state index is -1.71. The minimum absolute atomic E-state index is 0.0226. The summed E-state index contributed by atoms with van der Waals surface area (Å²) in [6, 6.07) is 5.06. The molecule has 0 spiro atoms. The summed E-state index contributed by atoms with van der Waals surface area (Å²) in [6.45, 7) is 4.12. The van der Waals surface area contributed by atoms with Gasteiger partial charge in [0.05, 0.1) is 29.4 Å². The number of fused-ring (bicyclic) bond motifs is 5. The van der Waals surface area contributed by atoms with E-state index in [9.17, 15) is 19.8 Å². The number of rotatable bonds is 2. The normalized spacial score (nSPS) is 28.0. The van der Waals surface area contributed by atoms with Crippen molar-refractivity contribution in [2.45, 2.75) is 38.8 Å². The molecule has 0 saturated carbocycles. The van der Waals surface area contributed by atoms with E-state index in [0.717, 1.165) is 28.5 Å². The molecule has 5 rings (SSSR count). The number of benzene rings is 1. The molecule has 2 unspecified atom stereocenters. The molecule has 7 nitrogen and oxygen atoms in total. The quantitative estimate of drug-likeness (QED) is 0.757. The summed E-state index contributed by atoms with van der Waals surface area (Å²) in [4.78, 5) is 32.0. The zero-order valence-corrected chi connectivity index (χ0v) is 16.3. The van der Waals surface area contributed by atoms with Crippen LogP contribution < -0.4 is 0 Å². The molecule has 2 aromatic rings. The number of hydrogen-bond donors (Lipinski definition) is 2. The molecule has 1 saturated heterocycles. The Balaban J connectivity index is 1.73. The van der Waals surface area contributed by atoms with Crippen LogP contribution in [0.25, 0.3) is 16.6 Å². The van der Waals surface area contributed by atoms with Crippen molar-refractivity contribution in [2.75, 3.05) is 6.61 Å². The van der Waals surface area contributed by atoms with Gasteiger partial charge >= 0.3 is 5.97 Å². The number of nitrogens with zero attached hydrogens (tertiary/aromatic N) is 2. The van der Waals surface area contributed by atoms with Crippen molar-refractivity contribution in [3.63, 3.8) is 0 Å². The summed E-state index contributed by atoms with van der Waals surface area (Å²) in [6.07, 6.45) is 2.73. The number of carbonyl (C=O) groups excluding carboxylic acids is 2. The fourth-order valence-electron chi connectivity index (χ4n) is 4.97. The maximum atomic E-state index is 13.3. The predicted octanol–water partition coefficient (Wildman–Crippen LogP) is 2.13. The minimum Gasteiger partial charge on any atom is -0.508 e. The lowest BCUT2D eigenvalue weighted by molar-refractivity contribution is -0.190. The summed E-state index contributed by atoms with van der Waals surface area (Å²) < 4.78 is 5.16. The highest BCUT2D eigenvalue weighted by Crippen LogP contribution is 2.47. The Bertz CT molecular complexity index is 1110. The molecule has 1 aromatic heterocycles. The number of phenolic OH excluding ortho intramolecular Hbond substituents is 1. The molecule has 3 aliphatic heterocycles. The molecule has 7 heteroatoms. The van der Waals surface area contributed by atoms with Crippen LogP contribution >= 0.6 is 0 Å². The van der Waals surface area contributed by atoms with Crippen molar-refractivity contribution in [1.82, 2.24) is 9.88 Å². The van der Waals surface area contributed by atoms with Gasteiger partial charge in [-0.3, -0.25) is 4.79 Å². The Hall–Kier alpha value is -2.93. The molecular formula is C22H22N2O5. The number of amides is 1. The second-order valence-corrected chi connectivity index (χ2v) is 7.96. The van der Waals surface area contributed by atoms with E-state index in [-0.39, 0.29) is 24.7 Å². The van der Waals surface area contributed by atoms with Crippen LogP contribution in [0.1, 0.15) is 37.1 Å². The first-order valence-corrected chi connectivity index (χ1v) is 9.96. The summed E-state index contributed by atoms with van der Waals surface area (Å²) in [5.41, 5.74) is 2.39. The molecule has 1 fully saturated rings. The van der Waals surface area contributed by atoms with Crippen molar-refractivity contribution in [2.24, 2.45) is 11.8 Å². The molecule has 150 valence electrons. The first-order chi connectivity index (χ1) is 13.9. The van der Waals surface area contributed by atoms with Crippen molar-refractivity contribution in [3.05, 3.63) is 41.1 Å². The number of ether oxygens (including phenoxy) is 1. The van der Waals surface area contributed by atoms with Gasteiger partial charge in [0.2, 0.25) is 5.91 Å². The third-order valence-electron chi connectivity index (χ3n) is 6.58. The SMILES string of the molecule is CCc1c2c(nc3ccc(O)cc13)C1=CC3C(COC(=O)[C@]3(O)CC)C(=O)N1C2. The number of phenols is 1. The van der Waals surface area contributed by atoms with Gasteiger partial charge in [-0.2, -0.15) is 0 Å². The number of carbonyl (C=O) groups is 2.